The van der Waals surface area contributed by atoms with E-state index in [1.165, 1.54) is 24.8 Å². The van der Waals surface area contributed by atoms with E-state index in [0.717, 1.165) is 19.5 Å². The average Bonchev–Trinajstić information content (AvgIpc) is 2.34. The smallest absolute Gasteiger partial charge is 0.0458 e. The highest BCUT2D eigenvalue weighted by Crippen LogP contribution is 2.04. The zero-order valence-electron chi connectivity index (χ0n) is 10.1. The number of hydrogen-bond donors (Lipinski definition) is 1. The maximum atomic E-state index is 6.01. The van der Waals surface area contributed by atoms with Crippen LogP contribution in [-0.4, -0.2) is 18.5 Å². The van der Waals surface area contributed by atoms with Crippen LogP contribution in [0.25, 0.3) is 0 Å². The summed E-state index contributed by atoms with van der Waals surface area (Å²) in [4.78, 5) is 0. The van der Waals surface area contributed by atoms with E-state index in [1.807, 2.05) is 0 Å². The monoisotopic (exact) mass is 239 g/mol. The van der Waals surface area contributed by atoms with Gasteiger partial charge in [0, 0.05) is 11.9 Å². The minimum absolute atomic E-state index is 0.286. The van der Waals surface area contributed by atoms with Crippen LogP contribution in [0.3, 0.4) is 0 Å². The molecule has 1 nitrogen and oxygen atoms in total. The van der Waals surface area contributed by atoms with Gasteiger partial charge in [-0.05, 0) is 37.8 Å². The third kappa shape index (κ3) is 6.14. The third-order valence-corrected chi connectivity index (χ3v) is 3.18. The second-order valence-corrected chi connectivity index (χ2v) is 4.77. The minimum Gasteiger partial charge on any atom is -0.315 e. The predicted octanol–water partition coefficient (Wildman–Crippen LogP) is 3.62. The average molecular weight is 240 g/mol. The Morgan fingerprint density at radius 2 is 1.94 bits per heavy atom. The third-order valence-electron chi connectivity index (χ3n) is 2.72. The van der Waals surface area contributed by atoms with Crippen molar-refractivity contribution >= 4 is 11.6 Å². The topological polar surface area (TPSA) is 12.0 Å². The summed E-state index contributed by atoms with van der Waals surface area (Å²) in [5.74, 6) is 0. The van der Waals surface area contributed by atoms with Gasteiger partial charge in [-0.1, -0.05) is 37.3 Å². The van der Waals surface area contributed by atoms with Gasteiger partial charge in [-0.15, -0.1) is 11.6 Å². The normalized spacial score (nSPS) is 12.6. The van der Waals surface area contributed by atoms with Crippen molar-refractivity contribution in [2.75, 3.05) is 13.1 Å². The van der Waals surface area contributed by atoms with Crippen molar-refractivity contribution in [3.63, 3.8) is 0 Å². The number of alkyl halides is 1. The first-order valence-electron chi connectivity index (χ1n) is 6.21. The highest BCUT2D eigenvalue weighted by molar-refractivity contribution is 6.20. The molecule has 1 N–H and O–H groups in total. The summed E-state index contributed by atoms with van der Waals surface area (Å²) in [5.41, 5.74) is 1.44. The van der Waals surface area contributed by atoms with Gasteiger partial charge in [0.05, 0.1) is 0 Å². The highest BCUT2D eigenvalue weighted by Gasteiger charge is 1.99. The number of hydrogen-bond acceptors (Lipinski definition) is 1. The molecule has 0 amide bonds. The van der Waals surface area contributed by atoms with Gasteiger partial charge in [-0.2, -0.15) is 0 Å². The predicted molar refractivity (Wildman–Crippen MR) is 72.2 cm³/mol. The molecule has 0 heterocycles. The Labute approximate surface area is 104 Å². The summed E-state index contributed by atoms with van der Waals surface area (Å²) in [7, 11) is 0. The van der Waals surface area contributed by atoms with Crippen molar-refractivity contribution in [2.45, 2.75) is 38.0 Å². The molecule has 16 heavy (non-hydrogen) atoms. The summed E-state index contributed by atoms with van der Waals surface area (Å²) in [6.07, 6.45) is 4.69. The molecule has 0 fully saturated rings. The van der Waals surface area contributed by atoms with Gasteiger partial charge >= 0.3 is 0 Å². The zero-order chi connectivity index (χ0) is 11.6. The minimum atomic E-state index is 0.286. The van der Waals surface area contributed by atoms with Crippen molar-refractivity contribution in [1.82, 2.24) is 5.32 Å². The van der Waals surface area contributed by atoms with Crippen molar-refractivity contribution in [3.8, 4) is 0 Å². The standard InChI is InChI=1S/C14H22ClN/c1-2-14(15)12-16-11-7-6-10-13-8-4-3-5-9-13/h3-5,8-9,14,16H,2,6-7,10-12H2,1H3. The number of rotatable bonds is 8. The fourth-order valence-corrected chi connectivity index (χ4v) is 1.74. The van der Waals surface area contributed by atoms with Gasteiger partial charge in [-0.25, -0.2) is 0 Å². The molecule has 0 saturated carbocycles. The van der Waals surface area contributed by atoms with E-state index in [2.05, 4.69) is 42.6 Å². The highest BCUT2D eigenvalue weighted by atomic mass is 35.5. The summed E-state index contributed by atoms with van der Waals surface area (Å²) >= 11 is 6.01. The second kappa shape index (κ2) is 8.60. The molecule has 0 aliphatic rings. The Hall–Kier alpha value is -0.530. The summed E-state index contributed by atoms with van der Waals surface area (Å²) < 4.78 is 0. The van der Waals surface area contributed by atoms with Crippen LogP contribution in [0.1, 0.15) is 31.7 Å². The molecule has 0 aromatic heterocycles. The SMILES string of the molecule is CCC(Cl)CNCCCCc1ccccc1. The fraction of sp³-hybridized carbons (Fsp3) is 0.571. The first-order chi connectivity index (χ1) is 7.83. The molecule has 0 saturated heterocycles. The van der Waals surface area contributed by atoms with E-state index in [9.17, 15) is 0 Å². The summed E-state index contributed by atoms with van der Waals surface area (Å²) in [6, 6.07) is 10.7. The maximum Gasteiger partial charge on any atom is 0.0458 e. The van der Waals surface area contributed by atoms with Crippen LogP contribution in [0, 0.1) is 0 Å². The molecule has 0 radical (unpaired) electrons. The Morgan fingerprint density at radius 1 is 1.19 bits per heavy atom. The van der Waals surface area contributed by atoms with Crippen LogP contribution >= 0.6 is 11.6 Å². The van der Waals surface area contributed by atoms with E-state index < -0.39 is 0 Å². The summed E-state index contributed by atoms with van der Waals surface area (Å²) in [6.45, 7) is 4.13. The van der Waals surface area contributed by atoms with Gasteiger partial charge in [0.25, 0.3) is 0 Å². The molecule has 1 aromatic rings. The van der Waals surface area contributed by atoms with Crippen LogP contribution in [0.4, 0.5) is 0 Å². The quantitative estimate of drug-likeness (QED) is 0.540. The largest absolute Gasteiger partial charge is 0.315 e. The van der Waals surface area contributed by atoms with Gasteiger partial charge in [-0.3, -0.25) is 0 Å². The van der Waals surface area contributed by atoms with E-state index in [4.69, 9.17) is 11.6 Å². The van der Waals surface area contributed by atoms with Gasteiger partial charge in [0.15, 0.2) is 0 Å². The van der Waals surface area contributed by atoms with Crippen molar-refractivity contribution in [2.24, 2.45) is 0 Å². The molecule has 1 rings (SSSR count). The van der Waals surface area contributed by atoms with E-state index >= 15 is 0 Å². The number of unbranched alkanes of at least 4 members (excludes halogenated alkanes) is 1. The first-order valence-corrected chi connectivity index (χ1v) is 6.65. The molecule has 1 unspecified atom stereocenters. The van der Waals surface area contributed by atoms with Crippen LogP contribution < -0.4 is 5.32 Å². The Bertz CT molecular complexity index is 261. The Balaban J connectivity index is 1.96. The van der Waals surface area contributed by atoms with Crippen LogP contribution in [-0.2, 0) is 6.42 Å². The molecule has 90 valence electrons. The number of nitrogens with one attached hydrogen (secondary N) is 1. The molecular weight excluding hydrogens is 218 g/mol. The Morgan fingerprint density at radius 3 is 2.62 bits per heavy atom. The van der Waals surface area contributed by atoms with E-state index in [0.29, 0.717) is 0 Å². The molecule has 2 heteroatoms. The summed E-state index contributed by atoms with van der Waals surface area (Å²) in [5, 5.41) is 3.68. The Kier molecular flexibility index (Phi) is 7.28. The number of aryl methyl sites for hydroxylation is 1. The number of halogens is 1. The van der Waals surface area contributed by atoms with Gasteiger partial charge in [0.2, 0.25) is 0 Å². The van der Waals surface area contributed by atoms with Crippen molar-refractivity contribution < 1.29 is 0 Å². The molecular formula is C14H22ClN. The van der Waals surface area contributed by atoms with E-state index in [1.54, 1.807) is 0 Å². The van der Waals surface area contributed by atoms with Crippen LogP contribution in [0.5, 0.6) is 0 Å². The fourth-order valence-electron chi connectivity index (χ4n) is 1.63. The van der Waals surface area contributed by atoms with Crippen LogP contribution in [0.2, 0.25) is 0 Å². The van der Waals surface area contributed by atoms with Crippen molar-refractivity contribution in [3.05, 3.63) is 35.9 Å². The first kappa shape index (κ1) is 13.5. The molecule has 0 spiro atoms. The number of benzene rings is 1. The lowest BCUT2D eigenvalue weighted by atomic mass is 10.1. The van der Waals surface area contributed by atoms with Gasteiger partial charge in [0.1, 0.15) is 0 Å². The molecule has 0 aliphatic carbocycles. The second-order valence-electron chi connectivity index (χ2n) is 4.15. The zero-order valence-corrected chi connectivity index (χ0v) is 10.8. The van der Waals surface area contributed by atoms with E-state index in [-0.39, 0.29) is 5.38 Å². The van der Waals surface area contributed by atoms with Gasteiger partial charge < -0.3 is 5.32 Å². The van der Waals surface area contributed by atoms with Crippen molar-refractivity contribution in [1.29, 1.82) is 0 Å². The maximum absolute atomic E-state index is 6.01. The lowest BCUT2D eigenvalue weighted by Gasteiger charge is -2.08. The van der Waals surface area contributed by atoms with Crippen LogP contribution in [0.15, 0.2) is 30.3 Å². The lowest BCUT2D eigenvalue weighted by Crippen LogP contribution is -2.23. The molecule has 0 aliphatic heterocycles. The molecule has 1 atom stereocenters. The lowest BCUT2D eigenvalue weighted by molar-refractivity contribution is 0.603. The molecule has 0 bridgehead atoms. The molecule has 1 aromatic carbocycles.